The lowest BCUT2D eigenvalue weighted by Gasteiger charge is -2.28. The van der Waals surface area contributed by atoms with Crippen LogP contribution in [0.2, 0.25) is 0 Å². The van der Waals surface area contributed by atoms with Crippen molar-refractivity contribution in [1.82, 2.24) is 0 Å². The Bertz CT molecular complexity index is 657. The van der Waals surface area contributed by atoms with Gasteiger partial charge in [-0.1, -0.05) is 18.2 Å². The summed E-state index contributed by atoms with van der Waals surface area (Å²) >= 11 is 0. The molecule has 4 nitrogen and oxygen atoms in total. The van der Waals surface area contributed by atoms with Crippen LogP contribution < -0.4 is 4.90 Å². The van der Waals surface area contributed by atoms with Gasteiger partial charge in [0.1, 0.15) is 5.76 Å². The number of carbonyl (C=O) groups is 1. The van der Waals surface area contributed by atoms with Crippen molar-refractivity contribution in [2.45, 2.75) is 12.8 Å². The van der Waals surface area contributed by atoms with E-state index in [1.165, 1.54) is 17.3 Å². The largest absolute Gasteiger partial charge is 0.478 e. The number of hydrogen-bond acceptors (Lipinski definition) is 3. The molecule has 0 amide bonds. The number of anilines is 2. The molecule has 0 radical (unpaired) electrons. The smallest absolute Gasteiger partial charge is 0.328 e. The fraction of sp³-hybridized carbons (Fsp3) is 0.188. The van der Waals surface area contributed by atoms with Gasteiger partial charge in [-0.15, -0.1) is 0 Å². The zero-order chi connectivity index (χ0) is 13.9. The fourth-order valence-electron chi connectivity index (χ4n) is 2.49. The number of carboxylic acids is 1. The number of para-hydroxylation sites is 1. The Labute approximate surface area is 116 Å². The minimum atomic E-state index is -0.980. The van der Waals surface area contributed by atoms with Gasteiger partial charge in [0.15, 0.2) is 0 Å². The van der Waals surface area contributed by atoms with Crippen molar-refractivity contribution in [3.05, 3.63) is 53.8 Å². The number of aliphatic carboxylic acids is 1. The molecule has 0 atom stereocenters. The lowest BCUT2D eigenvalue weighted by atomic mass is 10.0. The van der Waals surface area contributed by atoms with Gasteiger partial charge < -0.3 is 14.4 Å². The molecule has 2 aromatic rings. The fourth-order valence-corrected chi connectivity index (χ4v) is 2.49. The predicted molar refractivity (Wildman–Crippen MR) is 77.1 cm³/mol. The van der Waals surface area contributed by atoms with Gasteiger partial charge in [0, 0.05) is 24.4 Å². The van der Waals surface area contributed by atoms with Crippen LogP contribution in [0, 0.1) is 0 Å². The first kappa shape index (κ1) is 12.5. The van der Waals surface area contributed by atoms with Gasteiger partial charge in [-0.25, -0.2) is 4.79 Å². The summed E-state index contributed by atoms with van der Waals surface area (Å²) in [4.78, 5) is 12.6. The van der Waals surface area contributed by atoms with Gasteiger partial charge in [0.2, 0.25) is 5.88 Å². The van der Waals surface area contributed by atoms with E-state index in [0.29, 0.717) is 5.76 Å². The van der Waals surface area contributed by atoms with Crippen LogP contribution in [0.1, 0.15) is 17.7 Å². The second-order valence-electron chi connectivity index (χ2n) is 4.73. The number of carboxylic acid groups (broad SMARTS) is 1. The molecule has 0 saturated heterocycles. The maximum absolute atomic E-state index is 10.5. The molecule has 0 unspecified atom stereocenters. The van der Waals surface area contributed by atoms with Crippen LogP contribution in [-0.2, 0) is 11.2 Å². The summed E-state index contributed by atoms with van der Waals surface area (Å²) in [6.45, 7) is 0.909. The van der Waals surface area contributed by atoms with Crippen molar-refractivity contribution in [1.29, 1.82) is 0 Å². The molecule has 2 heterocycles. The Balaban J connectivity index is 1.89. The second-order valence-corrected chi connectivity index (χ2v) is 4.73. The zero-order valence-corrected chi connectivity index (χ0v) is 11.0. The molecule has 3 rings (SSSR count). The van der Waals surface area contributed by atoms with Crippen LogP contribution in [0.3, 0.4) is 0 Å². The van der Waals surface area contributed by atoms with Crippen LogP contribution in [0.4, 0.5) is 11.6 Å². The van der Waals surface area contributed by atoms with Crippen molar-refractivity contribution < 1.29 is 14.3 Å². The first-order valence-corrected chi connectivity index (χ1v) is 6.60. The van der Waals surface area contributed by atoms with E-state index in [9.17, 15) is 4.79 Å². The summed E-state index contributed by atoms with van der Waals surface area (Å²) in [5, 5.41) is 8.62. The summed E-state index contributed by atoms with van der Waals surface area (Å²) in [6, 6.07) is 12.0. The van der Waals surface area contributed by atoms with E-state index in [0.717, 1.165) is 31.3 Å². The van der Waals surface area contributed by atoms with Crippen molar-refractivity contribution in [2.24, 2.45) is 0 Å². The van der Waals surface area contributed by atoms with Gasteiger partial charge in [0.25, 0.3) is 0 Å². The molecular formula is C16H15NO3. The first-order valence-electron chi connectivity index (χ1n) is 6.60. The predicted octanol–water partition coefficient (Wildman–Crippen LogP) is 3.46. The Morgan fingerprint density at radius 3 is 2.95 bits per heavy atom. The number of hydrogen-bond donors (Lipinski definition) is 1. The molecule has 0 fully saturated rings. The summed E-state index contributed by atoms with van der Waals surface area (Å²) < 4.78 is 5.71. The van der Waals surface area contributed by atoms with Gasteiger partial charge in [-0.05, 0) is 36.6 Å². The molecule has 1 aliphatic rings. The molecule has 0 saturated carbocycles. The summed E-state index contributed by atoms with van der Waals surface area (Å²) in [5.74, 6) is 0.318. The SMILES string of the molecule is O=C(O)/C=C/c1ccc(N2CCCc3ccccc32)o1. The van der Waals surface area contributed by atoms with Gasteiger partial charge in [-0.3, -0.25) is 0 Å². The minimum absolute atomic E-state index is 0.547. The highest BCUT2D eigenvalue weighted by atomic mass is 16.4. The maximum atomic E-state index is 10.5. The van der Waals surface area contributed by atoms with Gasteiger partial charge >= 0.3 is 5.97 Å². The standard InChI is InChI=1S/C16H15NO3/c18-16(19)10-8-13-7-9-15(20-13)17-11-3-5-12-4-1-2-6-14(12)17/h1-2,4,6-10H,3,5,11H2,(H,18,19)/b10-8+. The molecule has 20 heavy (non-hydrogen) atoms. The van der Waals surface area contributed by atoms with Crippen molar-refractivity contribution in [3.8, 4) is 0 Å². The zero-order valence-electron chi connectivity index (χ0n) is 11.0. The number of fused-ring (bicyclic) bond motifs is 1. The Kier molecular flexibility index (Phi) is 3.29. The molecule has 1 N–H and O–H groups in total. The van der Waals surface area contributed by atoms with E-state index in [1.807, 2.05) is 18.2 Å². The molecule has 0 aliphatic carbocycles. The maximum Gasteiger partial charge on any atom is 0.328 e. The number of benzene rings is 1. The van der Waals surface area contributed by atoms with Gasteiger partial charge in [0.05, 0.1) is 0 Å². The lowest BCUT2D eigenvalue weighted by molar-refractivity contribution is -0.131. The highest BCUT2D eigenvalue weighted by molar-refractivity contribution is 5.84. The summed E-state index contributed by atoms with van der Waals surface area (Å²) in [7, 11) is 0. The Morgan fingerprint density at radius 2 is 2.10 bits per heavy atom. The average molecular weight is 269 g/mol. The molecule has 0 bridgehead atoms. The Morgan fingerprint density at radius 1 is 1.25 bits per heavy atom. The van der Waals surface area contributed by atoms with E-state index in [-0.39, 0.29) is 0 Å². The average Bonchev–Trinajstić information content (AvgIpc) is 2.93. The molecule has 1 aromatic heterocycles. The van der Waals surface area contributed by atoms with Crippen LogP contribution in [0.15, 0.2) is 46.9 Å². The lowest BCUT2D eigenvalue weighted by Crippen LogP contribution is -2.23. The Hall–Kier alpha value is -2.49. The molecule has 102 valence electrons. The van der Waals surface area contributed by atoms with Crippen LogP contribution >= 0.6 is 0 Å². The quantitative estimate of drug-likeness (QED) is 0.867. The molecule has 1 aliphatic heterocycles. The second kappa shape index (κ2) is 5.25. The molecule has 0 spiro atoms. The van der Waals surface area contributed by atoms with Crippen molar-refractivity contribution >= 4 is 23.6 Å². The molecular weight excluding hydrogens is 254 g/mol. The normalized spacial score (nSPS) is 14.5. The van der Waals surface area contributed by atoms with Gasteiger partial charge in [-0.2, -0.15) is 0 Å². The number of aryl methyl sites for hydroxylation is 1. The molecule has 4 heteroatoms. The van der Waals surface area contributed by atoms with E-state index in [1.54, 1.807) is 6.07 Å². The van der Waals surface area contributed by atoms with Crippen LogP contribution in [0.25, 0.3) is 6.08 Å². The van der Waals surface area contributed by atoms with E-state index >= 15 is 0 Å². The highest BCUT2D eigenvalue weighted by Crippen LogP contribution is 2.34. The minimum Gasteiger partial charge on any atom is -0.478 e. The number of rotatable bonds is 3. The topological polar surface area (TPSA) is 53.7 Å². The van der Waals surface area contributed by atoms with E-state index in [4.69, 9.17) is 9.52 Å². The van der Waals surface area contributed by atoms with Crippen molar-refractivity contribution in [3.63, 3.8) is 0 Å². The third-order valence-corrected chi connectivity index (χ3v) is 3.38. The third-order valence-electron chi connectivity index (χ3n) is 3.38. The first-order chi connectivity index (χ1) is 9.74. The number of nitrogens with zero attached hydrogens (tertiary/aromatic N) is 1. The summed E-state index contributed by atoms with van der Waals surface area (Å²) in [5.41, 5.74) is 2.49. The molecule has 1 aromatic carbocycles. The van der Waals surface area contributed by atoms with Crippen molar-refractivity contribution in [2.75, 3.05) is 11.4 Å². The highest BCUT2D eigenvalue weighted by Gasteiger charge is 2.19. The van der Waals surface area contributed by atoms with Crippen LogP contribution in [-0.4, -0.2) is 17.6 Å². The van der Waals surface area contributed by atoms with E-state index < -0.39 is 5.97 Å². The number of furan rings is 1. The van der Waals surface area contributed by atoms with E-state index in [2.05, 4.69) is 17.0 Å². The monoisotopic (exact) mass is 269 g/mol. The summed E-state index contributed by atoms with van der Waals surface area (Å²) in [6.07, 6.45) is 4.70. The third kappa shape index (κ3) is 2.45. The van der Waals surface area contributed by atoms with Crippen LogP contribution in [0.5, 0.6) is 0 Å².